The molecule has 3 aliphatic heterocycles. The van der Waals surface area contributed by atoms with Crippen LogP contribution in [-0.4, -0.2) is 73.5 Å². The number of benzene rings is 2. The van der Waals surface area contributed by atoms with E-state index in [1.165, 1.54) is 0 Å². The van der Waals surface area contributed by atoms with Crippen LogP contribution in [0, 0.1) is 6.92 Å². The number of nitrogens with zero attached hydrogens (tertiary/aromatic N) is 1. The number of ketones is 2. The van der Waals surface area contributed by atoms with E-state index in [9.17, 15) is 9.59 Å². The van der Waals surface area contributed by atoms with E-state index in [4.69, 9.17) is 14.2 Å². The smallest absolute Gasteiger partial charge is 0.246 e. The first kappa shape index (κ1) is 23.5. The van der Waals surface area contributed by atoms with E-state index >= 15 is 0 Å². The number of nitrogens with one attached hydrogen (secondary N) is 2. The van der Waals surface area contributed by atoms with Gasteiger partial charge in [0, 0.05) is 61.9 Å². The van der Waals surface area contributed by atoms with E-state index in [0.717, 1.165) is 49.5 Å². The maximum absolute atomic E-state index is 13.8. The molecule has 0 aromatic heterocycles. The van der Waals surface area contributed by atoms with Crippen LogP contribution in [0.2, 0.25) is 0 Å². The Labute approximate surface area is 221 Å². The third-order valence-electron chi connectivity index (χ3n) is 8.09. The molecule has 3 heterocycles. The Morgan fingerprint density at radius 3 is 2.45 bits per heavy atom. The highest BCUT2D eigenvalue weighted by molar-refractivity contribution is 6.39. The summed E-state index contributed by atoms with van der Waals surface area (Å²) in [6, 6.07) is 13.0. The summed E-state index contributed by atoms with van der Waals surface area (Å²) in [5.74, 6) is 0.0157. The van der Waals surface area contributed by atoms with Crippen LogP contribution < -0.4 is 15.0 Å². The van der Waals surface area contributed by atoms with Crippen molar-refractivity contribution in [3.8, 4) is 5.75 Å². The molecule has 1 unspecified atom stereocenters. The van der Waals surface area contributed by atoms with E-state index < -0.39 is 11.9 Å². The fraction of sp³-hybridized carbons (Fsp3) is 0.367. The molecule has 1 spiro atoms. The van der Waals surface area contributed by atoms with Crippen molar-refractivity contribution in [1.82, 2.24) is 10.2 Å². The lowest BCUT2D eigenvalue weighted by molar-refractivity contribution is -0.363. The highest BCUT2D eigenvalue weighted by Crippen LogP contribution is 2.36. The Hall–Kier alpha value is -3.59. The van der Waals surface area contributed by atoms with Gasteiger partial charge >= 0.3 is 0 Å². The molecule has 2 aromatic carbocycles. The van der Waals surface area contributed by atoms with Crippen molar-refractivity contribution in [2.75, 3.05) is 39.4 Å². The molecule has 2 fully saturated rings. The van der Waals surface area contributed by atoms with Crippen molar-refractivity contribution in [2.45, 2.75) is 31.7 Å². The van der Waals surface area contributed by atoms with Crippen LogP contribution >= 0.6 is 0 Å². The molecule has 38 heavy (non-hydrogen) atoms. The maximum Gasteiger partial charge on any atom is 0.246 e. The number of allylic oxidation sites excluding steroid dienone is 1. The Morgan fingerprint density at radius 1 is 1.00 bits per heavy atom. The second-order valence-electron chi connectivity index (χ2n) is 10.5. The second-order valence-corrected chi connectivity index (χ2v) is 10.5. The van der Waals surface area contributed by atoms with Gasteiger partial charge in [-0.3, -0.25) is 9.59 Å². The minimum Gasteiger partial charge on any atom is -0.468 e. The molecular weight excluding hydrogens is 482 g/mol. The van der Waals surface area contributed by atoms with Gasteiger partial charge in [0.25, 0.3) is 0 Å². The highest BCUT2D eigenvalue weighted by Gasteiger charge is 2.46. The summed E-state index contributed by atoms with van der Waals surface area (Å²) in [7, 11) is 0. The fourth-order valence-corrected chi connectivity index (χ4v) is 6.10. The zero-order valence-corrected chi connectivity index (χ0v) is 21.3. The summed E-state index contributed by atoms with van der Waals surface area (Å²) < 4.78 is 18.0. The monoisotopic (exact) mass is 512 g/mol. The molecule has 194 valence electrons. The molecule has 8 heteroatoms. The van der Waals surface area contributed by atoms with Crippen LogP contribution in [-0.2, 0) is 9.47 Å². The Morgan fingerprint density at radius 2 is 1.71 bits per heavy atom. The number of piperidine rings is 1. The van der Waals surface area contributed by atoms with E-state index in [0.29, 0.717) is 53.4 Å². The van der Waals surface area contributed by atoms with Gasteiger partial charge in [-0.25, -0.2) is 4.99 Å². The first-order valence-electron chi connectivity index (χ1n) is 13.3. The number of rotatable bonds is 4. The minimum absolute atomic E-state index is 0.146. The lowest BCUT2D eigenvalue weighted by Gasteiger charge is -2.37. The van der Waals surface area contributed by atoms with E-state index in [1.54, 1.807) is 24.3 Å². The van der Waals surface area contributed by atoms with Crippen LogP contribution in [0.1, 0.15) is 39.1 Å². The number of carbonyl (C=O) groups is 2. The first-order chi connectivity index (χ1) is 18.5. The van der Waals surface area contributed by atoms with Gasteiger partial charge in [0.05, 0.1) is 18.8 Å². The SMILES string of the molecule is Cc1ccc2c(c1)[NH+]=C1C3=C(C(=O)c4ccccc4C3=O)C(NCCN3CCC4(CC3)OCCO4)=CC1O2. The Balaban J connectivity index is 1.18. The molecule has 2 aromatic rings. The highest BCUT2D eigenvalue weighted by atomic mass is 16.7. The van der Waals surface area contributed by atoms with Crippen molar-refractivity contribution in [1.29, 1.82) is 0 Å². The second kappa shape index (κ2) is 9.01. The molecule has 0 saturated carbocycles. The van der Waals surface area contributed by atoms with Crippen LogP contribution in [0.5, 0.6) is 5.75 Å². The molecule has 2 saturated heterocycles. The maximum atomic E-state index is 13.8. The molecular formula is C30H30N3O5+. The summed E-state index contributed by atoms with van der Waals surface area (Å²) in [6.07, 6.45) is 3.13. The van der Waals surface area contributed by atoms with E-state index in [2.05, 4.69) is 15.2 Å². The number of fused-ring (bicyclic) bond motifs is 4. The number of carbonyl (C=O) groups excluding carboxylic acids is 2. The molecule has 1 atom stereocenters. The molecule has 7 rings (SSSR count). The Bertz CT molecular complexity index is 1440. The van der Waals surface area contributed by atoms with Gasteiger partial charge in [-0.05, 0) is 24.6 Å². The number of aryl methyl sites for hydroxylation is 1. The molecule has 0 radical (unpaired) electrons. The van der Waals surface area contributed by atoms with Crippen molar-refractivity contribution in [3.05, 3.63) is 82.1 Å². The van der Waals surface area contributed by atoms with Crippen LogP contribution in [0.25, 0.3) is 0 Å². The van der Waals surface area contributed by atoms with Gasteiger partial charge < -0.3 is 24.4 Å². The summed E-state index contributed by atoms with van der Waals surface area (Å²) >= 11 is 0. The first-order valence-corrected chi connectivity index (χ1v) is 13.3. The lowest BCUT2D eigenvalue weighted by Crippen LogP contribution is -2.73. The standard InChI is InChI=1S/C30H29N3O5/c1-18-6-7-23-21(16-18)32-27-24(38-23)17-22(25-26(27)29(35)20-5-3-2-4-19(20)28(25)34)31-10-13-33-11-8-30(9-12-33)36-14-15-37-30/h2-7,16-17,24,31H,8-15H2,1H3/p+1. The molecule has 8 nitrogen and oxygen atoms in total. The molecule has 2 aliphatic carbocycles. The van der Waals surface area contributed by atoms with Gasteiger partial charge in [0.15, 0.2) is 17.3 Å². The number of Topliss-reactive ketones (excluding diaryl/α,β-unsaturated/α-hetero) is 2. The van der Waals surface area contributed by atoms with Crippen LogP contribution in [0.3, 0.4) is 0 Å². The quantitative estimate of drug-likeness (QED) is 0.643. The predicted octanol–water partition coefficient (Wildman–Crippen LogP) is 1.61. The summed E-state index contributed by atoms with van der Waals surface area (Å²) in [6.45, 7) is 6.57. The van der Waals surface area contributed by atoms with E-state index in [1.807, 2.05) is 31.2 Å². The molecule has 0 bridgehead atoms. The zero-order valence-electron chi connectivity index (χ0n) is 21.3. The van der Waals surface area contributed by atoms with Crippen molar-refractivity contribution in [2.24, 2.45) is 0 Å². The number of ether oxygens (including phenoxy) is 3. The van der Waals surface area contributed by atoms with Crippen molar-refractivity contribution in [3.63, 3.8) is 0 Å². The average Bonchev–Trinajstić information content (AvgIpc) is 3.39. The zero-order chi connectivity index (χ0) is 25.9. The van der Waals surface area contributed by atoms with Crippen LogP contribution in [0.4, 0.5) is 5.69 Å². The lowest BCUT2D eigenvalue weighted by atomic mass is 9.76. The molecule has 2 N–H and O–H groups in total. The normalized spacial score (nSPS) is 23.7. The van der Waals surface area contributed by atoms with Crippen LogP contribution in [0.15, 0.2) is 65.4 Å². The third kappa shape index (κ3) is 3.83. The fourth-order valence-electron chi connectivity index (χ4n) is 6.10. The topological polar surface area (TPSA) is 91.1 Å². The number of likely N-dealkylation sites (tertiary alicyclic amines) is 1. The van der Waals surface area contributed by atoms with Gasteiger partial charge in [-0.2, -0.15) is 0 Å². The molecule has 0 amide bonds. The largest absolute Gasteiger partial charge is 0.468 e. The predicted molar refractivity (Wildman–Crippen MR) is 140 cm³/mol. The average molecular weight is 513 g/mol. The Kier molecular flexibility index (Phi) is 5.58. The summed E-state index contributed by atoms with van der Waals surface area (Å²) in [4.78, 5) is 33.4. The summed E-state index contributed by atoms with van der Waals surface area (Å²) in [5, 5.41) is 3.48. The van der Waals surface area contributed by atoms with Gasteiger partial charge in [0.2, 0.25) is 23.3 Å². The number of hydrogen-bond donors (Lipinski definition) is 2. The van der Waals surface area contributed by atoms with Crippen molar-refractivity contribution >= 4 is 23.0 Å². The van der Waals surface area contributed by atoms with Gasteiger partial charge in [0.1, 0.15) is 5.57 Å². The number of hydrogen-bond acceptors (Lipinski definition) is 7. The third-order valence-corrected chi connectivity index (χ3v) is 8.09. The minimum atomic E-state index is -0.500. The van der Waals surface area contributed by atoms with Gasteiger partial charge in [-0.1, -0.05) is 30.3 Å². The van der Waals surface area contributed by atoms with Gasteiger partial charge in [-0.15, -0.1) is 0 Å². The summed E-state index contributed by atoms with van der Waals surface area (Å²) in [5.41, 5.74) is 4.82. The van der Waals surface area contributed by atoms with E-state index in [-0.39, 0.29) is 11.6 Å². The molecule has 5 aliphatic rings. The van der Waals surface area contributed by atoms with Crippen molar-refractivity contribution < 1.29 is 28.8 Å².